The van der Waals surface area contributed by atoms with Crippen molar-refractivity contribution in [2.24, 2.45) is 0 Å². The van der Waals surface area contributed by atoms with Crippen LogP contribution >= 0.6 is 11.3 Å². The van der Waals surface area contributed by atoms with E-state index >= 15 is 0 Å². The van der Waals surface area contributed by atoms with Crippen LogP contribution in [-0.2, 0) is 35.1 Å². The van der Waals surface area contributed by atoms with Crippen molar-refractivity contribution in [1.82, 2.24) is 10.3 Å². The molecule has 3 aromatic rings. The number of carbonyl (C=O) groups excluding carboxylic acids is 1. The van der Waals surface area contributed by atoms with Crippen molar-refractivity contribution in [3.8, 4) is 5.75 Å². The maximum Gasteiger partial charge on any atom is 0.220 e. The maximum atomic E-state index is 12.7. The van der Waals surface area contributed by atoms with Crippen LogP contribution in [-0.4, -0.2) is 26.8 Å². The third-order valence-corrected chi connectivity index (χ3v) is 6.59. The van der Waals surface area contributed by atoms with E-state index in [4.69, 9.17) is 4.74 Å². The maximum absolute atomic E-state index is 12.7. The first-order valence-corrected chi connectivity index (χ1v) is 12.0. The van der Waals surface area contributed by atoms with Crippen molar-refractivity contribution in [3.05, 3.63) is 75.7 Å². The summed E-state index contributed by atoms with van der Waals surface area (Å²) in [6.07, 6.45) is 2.37. The highest BCUT2D eigenvalue weighted by atomic mass is 32.2. The van der Waals surface area contributed by atoms with Crippen LogP contribution in [0.3, 0.4) is 0 Å². The molecule has 2 N–H and O–H groups in total. The second-order valence-electron chi connectivity index (χ2n) is 7.10. The van der Waals surface area contributed by atoms with Crippen molar-refractivity contribution < 1.29 is 18.3 Å². The smallest absolute Gasteiger partial charge is 0.220 e. The second kappa shape index (κ2) is 11.2. The highest BCUT2D eigenvalue weighted by Gasteiger charge is 2.19. The molecule has 1 aromatic heterocycles. The van der Waals surface area contributed by atoms with Crippen LogP contribution in [0, 0.1) is 0 Å². The number of benzene rings is 2. The molecular weight excluding hydrogens is 432 g/mol. The molecule has 8 heteroatoms. The van der Waals surface area contributed by atoms with Crippen LogP contribution in [0.15, 0.2) is 58.8 Å². The Hall–Kier alpha value is -2.55. The van der Waals surface area contributed by atoms with Gasteiger partial charge >= 0.3 is 0 Å². The van der Waals surface area contributed by atoms with Crippen molar-refractivity contribution in [2.45, 2.75) is 43.5 Å². The first-order valence-electron chi connectivity index (χ1n) is 10.0. The summed E-state index contributed by atoms with van der Waals surface area (Å²) in [5, 5.41) is 6.00. The Morgan fingerprint density at radius 3 is 2.65 bits per heavy atom. The van der Waals surface area contributed by atoms with E-state index in [1.165, 1.54) is 11.3 Å². The monoisotopic (exact) mass is 458 g/mol. The van der Waals surface area contributed by atoms with Gasteiger partial charge in [0, 0.05) is 11.8 Å². The summed E-state index contributed by atoms with van der Waals surface area (Å²) >= 11 is -0.465. The normalized spacial score (nSPS) is 12.9. The van der Waals surface area contributed by atoms with Gasteiger partial charge in [0.05, 0.1) is 23.7 Å². The van der Waals surface area contributed by atoms with Crippen LogP contribution < -0.4 is 10.1 Å². The summed E-state index contributed by atoms with van der Waals surface area (Å²) in [5.74, 6) is 0.729. The van der Waals surface area contributed by atoms with Crippen LogP contribution in [0.2, 0.25) is 0 Å². The van der Waals surface area contributed by atoms with Gasteiger partial charge < -0.3 is 14.6 Å². The van der Waals surface area contributed by atoms with Crippen LogP contribution in [0.5, 0.6) is 5.75 Å². The summed E-state index contributed by atoms with van der Waals surface area (Å²) in [6, 6.07) is 14.3. The number of hydrogen-bond donors (Lipinski definition) is 2. The lowest BCUT2D eigenvalue weighted by atomic mass is 10.1. The molecule has 0 saturated carbocycles. The predicted octanol–water partition coefficient (Wildman–Crippen LogP) is 4.33. The molecule has 0 bridgehead atoms. The quantitative estimate of drug-likeness (QED) is 0.442. The highest BCUT2D eigenvalue weighted by molar-refractivity contribution is 7.79. The number of aryl methyl sites for hydroxylation is 2. The van der Waals surface area contributed by atoms with E-state index in [0.717, 1.165) is 34.0 Å². The minimum absolute atomic E-state index is 0.0471. The molecule has 1 amide bonds. The van der Waals surface area contributed by atoms with E-state index in [1.807, 2.05) is 48.7 Å². The third-order valence-electron chi connectivity index (χ3n) is 4.90. The van der Waals surface area contributed by atoms with Crippen molar-refractivity contribution in [2.75, 3.05) is 7.11 Å². The lowest BCUT2D eigenvalue weighted by molar-refractivity contribution is -0.121. The van der Waals surface area contributed by atoms with Gasteiger partial charge in [-0.1, -0.05) is 31.2 Å². The van der Waals surface area contributed by atoms with Gasteiger partial charge in [-0.15, -0.1) is 11.3 Å². The van der Waals surface area contributed by atoms with E-state index in [-0.39, 0.29) is 11.9 Å². The van der Waals surface area contributed by atoms with Crippen molar-refractivity contribution >= 4 is 28.3 Å². The van der Waals surface area contributed by atoms with Gasteiger partial charge in [0.15, 0.2) is 11.1 Å². The fourth-order valence-electron chi connectivity index (χ4n) is 3.18. The zero-order valence-corrected chi connectivity index (χ0v) is 19.2. The number of amides is 1. The van der Waals surface area contributed by atoms with E-state index in [2.05, 4.69) is 10.3 Å². The Balaban J connectivity index is 1.69. The van der Waals surface area contributed by atoms with Gasteiger partial charge in [0.2, 0.25) is 5.91 Å². The molecule has 0 aliphatic heterocycles. The number of carbonyl (C=O) groups is 1. The third kappa shape index (κ3) is 6.72. The van der Waals surface area contributed by atoms with E-state index in [1.54, 1.807) is 19.2 Å². The number of ether oxygens (including phenoxy) is 1. The number of nitrogens with one attached hydrogen (secondary N) is 1. The predicted molar refractivity (Wildman–Crippen MR) is 123 cm³/mol. The molecule has 0 spiro atoms. The number of nitrogens with zero attached hydrogens (tertiary/aromatic N) is 1. The first kappa shape index (κ1) is 23.1. The van der Waals surface area contributed by atoms with Gasteiger partial charge in [0.25, 0.3) is 0 Å². The van der Waals surface area contributed by atoms with Crippen LogP contribution in [0.1, 0.15) is 41.2 Å². The van der Waals surface area contributed by atoms with Crippen LogP contribution in [0.25, 0.3) is 0 Å². The molecule has 0 aliphatic carbocycles. The standard InChI is InChI=1S/C23H26N2O4S2/c1-3-18-15-30-23(24-18)21(14-17-7-10-20(11-8-17)31(27)28)25-22(26)12-9-16-5-4-6-19(13-16)29-2/h4-8,10-11,13,15,21H,3,9,12,14H2,1-2H3,(H,25,26)(H,27,28)/t21-/m0/s1. The zero-order chi connectivity index (χ0) is 22.2. The number of hydrogen-bond acceptors (Lipinski definition) is 5. The molecule has 2 aromatic carbocycles. The van der Waals surface area contributed by atoms with E-state index in [9.17, 15) is 13.6 Å². The largest absolute Gasteiger partial charge is 0.497 e. The number of thiazole rings is 1. The lowest BCUT2D eigenvalue weighted by Crippen LogP contribution is -2.30. The van der Waals surface area contributed by atoms with Crippen LogP contribution in [0.4, 0.5) is 0 Å². The van der Waals surface area contributed by atoms with Crippen molar-refractivity contribution in [1.29, 1.82) is 0 Å². The minimum atomic E-state index is -2.01. The molecule has 1 unspecified atom stereocenters. The zero-order valence-electron chi connectivity index (χ0n) is 17.5. The van der Waals surface area contributed by atoms with E-state index in [0.29, 0.717) is 24.2 Å². The summed E-state index contributed by atoms with van der Waals surface area (Å²) < 4.78 is 25.7. The first-order chi connectivity index (χ1) is 15.0. The number of methoxy groups -OCH3 is 1. The molecule has 2 atom stereocenters. The molecule has 6 nitrogen and oxygen atoms in total. The molecule has 0 saturated heterocycles. The fraction of sp³-hybridized carbons (Fsp3) is 0.304. The molecule has 0 aliphatic rings. The van der Waals surface area contributed by atoms with Gasteiger partial charge in [0.1, 0.15) is 10.8 Å². The summed E-state index contributed by atoms with van der Waals surface area (Å²) in [6.45, 7) is 2.05. The summed E-state index contributed by atoms with van der Waals surface area (Å²) in [7, 11) is 1.62. The Morgan fingerprint density at radius 1 is 1.23 bits per heavy atom. The molecule has 0 fully saturated rings. The van der Waals surface area contributed by atoms with Gasteiger partial charge in [-0.3, -0.25) is 4.79 Å². The molecule has 31 heavy (non-hydrogen) atoms. The molecule has 0 radical (unpaired) electrons. The topological polar surface area (TPSA) is 88.5 Å². The summed E-state index contributed by atoms with van der Waals surface area (Å²) in [5.41, 5.74) is 3.00. The average molecular weight is 459 g/mol. The van der Waals surface area contributed by atoms with Gasteiger partial charge in [-0.25, -0.2) is 9.19 Å². The van der Waals surface area contributed by atoms with Crippen molar-refractivity contribution in [3.63, 3.8) is 0 Å². The van der Waals surface area contributed by atoms with Gasteiger partial charge in [-0.05, 0) is 54.7 Å². The molecule has 3 rings (SSSR count). The van der Waals surface area contributed by atoms with Gasteiger partial charge in [-0.2, -0.15) is 0 Å². The fourth-order valence-corrected chi connectivity index (χ4v) is 4.50. The average Bonchev–Trinajstić information content (AvgIpc) is 3.27. The number of aromatic nitrogens is 1. The van der Waals surface area contributed by atoms with E-state index < -0.39 is 11.1 Å². The molecular formula is C23H26N2O4S2. The Labute approximate surface area is 189 Å². The Kier molecular flexibility index (Phi) is 8.34. The minimum Gasteiger partial charge on any atom is -0.497 e. The molecule has 164 valence electrons. The Bertz CT molecular complexity index is 1030. The lowest BCUT2D eigenvalue weighted by Gasteiger charge is -2.17. The highest BCUT2D eigenvalue weighted by Crippen LogP contribution is 2.24. The molecule has 1 heterocycles. The summed E-state index contributed by atoms with van der Waals surface area (Å²) in [4.78, 5) is 17.7. The number of rotatable bonds is 10. The Morgan fingerprint density at radius 2 is 2.00 bits per heavy atom. The second-order valence-corrected chi connectivity index (χ2v) is 8.96. The SMILES string of the molecule is CCc1csc([C@H](Cc2ccc(S(=O)O)cc2)NC(=O)CCc2cccc(OC)c2)n1.